The van der Waals surface area contributed by atoms with Crippen molar-refractivity contribution in [1.82, 2.24) is 29.4 Å². The second kappa shape index (κ2) is 7.20. The number of fused-ring (bicyclic) bond motifs is 2. The summed E-state index contributed by atoms with van der Waals surface area (Å²) >= 11 is 1.79. The molecule has 1 amide bonds. The molecule has 0 N–H and O–H groups in total. The molecule has 1 aliphatic heterocycles. The molecule has 148 valence electrons. The Labute approximate surface area is 172 Å². The Morgan fingerprint density at radius 3 is 2.72 bits per heavy atom. The molecule has 0 saturated carbocycles. The van der Waals surface area contributed by atoms with Crippen LogP contribution in [0.1, 0.15) is 27.6 Å². The Hall–Kier alpha value is -2.84. The first-order valence-electron chi connectivity index (χ1n) is 9.76. The number of hydrogen-bond acceptors (Lipinski definition) is 6. The van der Waals surface area contributed by atoms with E-state index in [0.717, 1.165) is 31.0 Å². The zero-order valence-electron chi connectivity index (χ0n) is 16.5. The lowest BCUT2D eigenvalue weighted by atomic mass is 10.1. The molecule has 0 atom stereocenters. The van der Waals surface area contributed by atoms with Gasteiger partial charge in [0.1, 0.15) is 0 Å². The Bertz CT molecular complexity index is 1200. The number of nitrogens with zero attached hydrogens (tertiary/aromatic N) is 6. The third kappa shape index (κ3) is 3.38. The summed E-state index contributed by atoms with van der Waals surface area (Å²) in [6.45, 7) is 7.83. The van der Waals surface area contributed by atoms with Crippen LogP contribution in [0.4, 0.5) is 0 Å². The minimum Gasteiger partial charge on any atom is -0.333 e. The van der Waals surface area contributed by atoms with Crippen LogP contribution in [-0.4, -0.2) is 61.5 Å². The maximum atomic E-state index is 12.9. The van der Waals surface area contributed by atoms with Crippen LogP contribution in [0.25, 0.3) is 15.9 Å². The summed E-state index contributed by atoms with van der Waals surface area (Å²) in [5.41, 5.74) is 3.16. The number of rotatable bonds is 3. The third-order valence-corrected chi connectivity index (χ3v) is 6.44. The first kappa shape index (κ1) is 18.2. The van der Waals surface area contributed by atoms with Crippen molar-refractivity contribution < 1.29 is 4.79 Å². The van der Waals surface area contributed by atoms with Crippen molar-refractivity contribution >= 4 is 33.1 Å². The SMILES string of the molecule is Cc1cc(C)n2nc(C(=O)N3CCN(Cc4csc5ccccc45)CC3)nc2n1. The van der Waals surface area contributed by atoms with E-state index in [1.54, 1.807) is 15.9 Å². The van der Waals surface area contributed by atoms with E-state index in [2.05, 4.69) is 49.6 Å². The molecule has 4 aromatic rings. The number of thiophene rings is 1. The maximum absolute atomic E-state index is 12.9. The number of carbonyl (C=O) groups excluding carboxylic acids is 1. The smallest absolute Gasteiger partial charge is 0.293 e. The van der Waals surface area contributed by atoms with E-state index in [9.17, 15) is 4.79 Å². The Kier molecular flexibility index (Phi) is 4.52. The van der Waals surface area contributed by atoms with Gasteiger partial charge in [-0.2, -0.15) is 4.98 Å². The van der Waals surface area contributed by atoms with Gasteiger partial charge in [-0.15, -0.1) is 16.4 Å². The minimum atomic E-state index is -0.117. The van der Waals surface area contributed by atoms with E-state index in [-0.39, 0.29) is 11.7 Å². The average Bonchev–Trinajstić information content (AvgIpc) is 3.33. The van der Waals surface area contributed by atoms with E-state index in [4.69, 9.17) is 0 Å². The number of aryl methyl sites for hydroxylation is 2. The molecule has 29 heavy (non-hydrogen) atoms. The molecule has 4 heterocycles. The normalized spacial score (nSPS) is 15.4. The molecule has 0 unspecified atom stereocenters. The quantitative estimate of drug-likeness (QED) is 0.523. The van der Waals surface area contributed by atoms with Gasteiger partial charge in [0.25, 0.3) is 11.7 Å². The highest BCUT2D eigenvalue weighted by molar-refractivity contribution is 7.17. The summed E-state index contributed by atoms with van der Waals surface area (Å²) in [5, 5.41) is 7.97. The molecular weight excluding hydrogens is 384 g/mol. The van der Waals surface area contributed by atoms with Crippen molar-refractivity contribution in [2.75, 3.05) is 26.2 Å². The van der Waals surface area contributed by atoms with E-state index in [0.29, 0.717) is 18.9 Å². The summed E-state index contributed by atoms with van der Waals surface area (Å²) in [4.78, 5) is 25.9. The molecule has 1 aliphatic rings. The van der Waals surface area contributed by atoms with Crippen LogP contribution in [0.15, 0.2) is 35.7 Å². The van der Waals surface area contributed by atoms with E-state index < -0.39 is 0 Å². The number of amides is 1. The fourth-order valence-corrected chi connectivity index (χ4v) is 4.86. The van der Waals surface area contributed by atoms with Crippen molar-refractivity contribution in [3.63, 3.8) is 0 Å². The monoisotopic (exact) mass is 406 g/mol. The van der Waals surface area contributed by atoms with Crippen LogP contribution < -0.4 is 0 Å². The summed E-state index contributed by atoms with van der Waals surface area (Å²) in [6, 6.07) is 10.5. The lowest BCUT2D eigenvalue weighted by molar-refractivity contribution is 0.0617. The maximum Gasteiger partial charge on any atom is 0.293 e. The topological polar surface area (TPSA) is 66.6 Å². The molecule has 8 heteroatoms. The number of carbonyl (C=O) groups is 1. The van der Waals surface area contributed by atoms with E-state index >= 15 is 0 Å². The number of benzene rings is 1. The van der Waals surface area contributed by atoms with Crippen LogP contribution in [0.2, 0.25) is 0 Å². The summed E-state index contributed by atoms with van der Waals surface area (Å²) in [7, 11) is 0. The van der Waals surface area contributed by atoms with Crippen molar-refractivity contribution in [3.05, 3.63) is 58.5 Å². The average molecular weight is 407 g/mol. The van der Waals surface area contributed by atoms with Crippen molar-refractivity contribution in [3.8, 4) is 0 Å². The predicted molar refractivity (Wildman–Crippen MR) is 113 cm³/mol. The number of aromatic nitrogens is 4. The Morgan fingerprint density at radius 1 is 1.10 bits per heavy atom. The van der Waals surface area contributed by atoms with Gasteiger partial charge in [-0.25, -0.2) is 9.50 Å². The van der Waals surface area contributed by atoms with Crippen LogP contribution in [0.3, 0.4) is 0 Å². The largest absolute Gasteiger partial charge is 0.333 e. The fraction of sp³-hybridized carbons (Fsp3) is 0.333. The summed E-state index contributed by atoms with van der Waals surface area (Å²) in [6.07, 6.45) is 0. The zero-order chi connectivity index (χ0) is 20.0. The van der Waals surface area contributed by atoms with Crippen LogP contribution in [-0.2, 0) is 6.54 Å². The molecule has 0 spiro atoms. The lowest BCUT2D eigenvalue weighted by Crippen LogP contribution is -2.48. The Balaban J connectivity index is 1.27. The summed E-state index contributed by atoms with van der Waals surface area (Å²) < 4.78 is 2.96. The molecule has 3 aromatic heterocycles. The van der Waals surface area contributed by atoms with Crippen LogP contribution in [0, 0.1) is 13.8 Å². The highest BCUT2D eigenvalue weighted by Gasteiger charge is 2.26. The standard InChI is InChI=1S/C21H22N6OS/c1-14-11-15(2)27-21(22-14)23-19(24-27)20(28)26-9-7-25(8-10-26)12-16-13-29-18-6-4-3-5-17(16)18/h3-6,11,13H,7-10,12H2,1-2H3. The highest BCUT2D eigenvalue weighted by Crippen LogP contribution is 2.27. The molecule has 7 nitrogen and oxygen atoms in total. The second-order valence-corrected chi connectivity index (χ2v) is 8.42. The van der Waals surface area contributed by atoms with Crippen molar-refractivity contribution in [2.24, 2.45) is 0 Å². The molecule has 5 rings (SSSR count). The molecule has 0 aliphatic carbocycles. The number of hydrogen-bond donors (Lipinski definition) is 0. The molecule has 1 aromatic carbocycles. The third-order valence-electron chi connectivity index (χ3n) is 5.42. The highest BCUT2D eigenvalue weighted by atomic mass is 32.1. The second-order valence-electron chi connectivity index (χ2n) is 7.51. The molecular formula is C21H22N6OS. The van der Waals surface area contributed by atoms with Gasteiger partial charge >= 0.3 is 0 Å². The van der Waals surface area contributed by atoms with Gasteiger partial charge in [0.05, 0.1) is 0 Å². The first-order valence-corrected chi connectivity index (χ1v) is 10.6. The molecule has 1 saturated heterocycles. The van der Waals surface area contributed by atoms with E-state index in [1.165, 1.54) is 15.6 Å². The van der Waals surface area contributed by atoms with Crippen LogP contribution in [0.5, 0.6) is 0 Å². The van der Waals surface area contributed by atoms with Gasteiger partial charge in [-0.05, 0) is 42.3 Å². The first-order chi connectivity index (χ1) is 14.1. The predicted octanol–water partition coefficient (Wildman–Crippen LogP) is 2.91. The number of piperazine rings is 1. The zero-order valence-corrected chi connectivity index (χ0v) is 17.3. The van der Waals surface area contributed by atoms with Gasteiger partial charge in [-0.1, -0.05) is 18.2 Å². The van der Waals surface area contributed by atoms with Gasteiger partial charge in [0.15, 0.2) is 0 Å². The van der Waals surface area contributed by atoms with Gasteiger partial charge in [-0.3, -0.25) is 9.69 Å². The van der Waals surface area contributed by atoms with Gasteiger partial charge < -0.3 is 4.90 Å². The van der Waals surface area contributed by atoms with Crippen molar-refractivity contribution in [1.29, 1.82) is 0 Å². The Morgan fingerprint density at radius 2 is 1.90 bits per heavy atom. The lowest BCUT2D eigenvalue weighted by Gasteiger charge is -2.34. The minimum absolute atomic E-state index is 0.117. The van der Waals surface area contributed by atoms with Crippen molar-refractivity contribution in [2.45, 2.75) is 20.4 Å². The van der Waals surface area contributed by atoms with E-state index in [1.807, 2.05) is 24.8 Å². The molecule has 0 radical (unpaired) electrons. The van der Waals surface area contributed by atoms with Gasteiger partial charge in [0.2, 0.25) is 5.82 Å². The molecule has 1 fully saturated rings. The fourth-order valence-electron chi connectivity index (χ4n) is 3.90. The van der Waals surface area contributed by atoms with Gasteiger partial charge in [0, 0.05) is 48.8 Å². The van der Waals surface area contributed by atoms with Crippen LogP contribution >= 0.6 is 11.3 Å². The summed E-state index contributed by atoms with van der Waals surface area (Å²) in [5.74, 6) is 0.588. The molecule has 0 bridgehead atoms.